The largest absolute Gasteiger partial charge is 0.493 e. The molecule has 0 saturated carbocycles. The summed E-state index contributed by atoms with van der Waals surface area (Å²) in [4.78, 5) is 14.6. The molecule has 0 heterocycles. The first-order valence-corrected chi connectivity index (χ1v) is 7.47. The van der Waals surface area contributed by atoms with Crippen molar-refractivity contribution in [2.45, 2.75) is 11.4 Å². The molecule has 7 heteroatoms. The molecule has 120 valence electrons. The summed E-state index contributed by atoms with van der Waals surface area (Å²) in [5.74, 6) is 1.42. The number of amides is 1. The normalized spacial score (nSPS) is 9.76. The molecule has 0 aromatic heterocycles. The molecule has 0 bridgehead atoms. The van der Waals surface area contributed by atoms with Crippen molar-refractivity contribution in [3.63, 3.8) is 0 Å². The molecule has 5 nitrogen and oxygen atoms in total. The third-order valence-electron chi connectivity index (χ3n) is 2.95. The Morgan fingerprint density at radius 1 is 1.29 bits per heavy atom. The van der Waals surface area contributed by atoms with Crippen LogP contribution in [0.15, 0.2) is 17.0 Å². The summed E-state index contributed by atoms with van der Waals surface area (Å²) in [6.45, 7) is 0.870. The molecular weight excluding hydrogens is 312 g/mol. The van der Waals surface area contributed by atoms with Gasteiger partial charge >= 0.3 is 0 Å². The fourth-order valence-electron chi connectivity index (χ4n) is 1.85. The number of nitrogens with zero attached hydrogens (tertiary/aromatic N) is 1. The smallest absolute Gasteiger partial charge is 0.236 e. The van der Waals surface area contributed by atoms with Gasteiger partial charge in [-0.2, -0.15) is 0 Å². The maximum Gasteiger partial charge on any atom is 0.236 e. The van der Waals surface area contributed by atoms with Crippen LogP contribution in [0.25, 0.3) is 0 Å². The van der Waals surface area contributed by atoms with E-state index in [1.165, 1.54) is 0 Å². The van der Waals surface area contributed by atoms with Crippen LogP contribution in [0.4, 0.5) is 0 Å². The Bertz CT molecular complexity index is 472. The minimum absolute atomic E-state index is 0. The highest BCUT2D eigenvalue weighted by atomic mass is 35.5. The lowest BCUT2D eigenvalue weighted by molar-refractivity contribution is -0.129. The second-order valence-electron chi connectivity index (χ2n) is 4.30. The highest BCUT2D eigenvalue weighted by Gasteiger charge is 2.14. The molecule has 0 radical (unpaired) electrons. The van der Waals surface area contributed by atoms with Gasteiger partial charge in [0.2, 0.25) is 5.91 Å². The van der Waals surface area contributed by atoms with Crippen LogP contribution >= 0.6 is 24.2 Å². The number of thioether (sulfide) groups is 1. The first kappa shape index (κ1) is 19.9. The topological polar surface area (TPSA) is 50.8 Å². The highest BCUT2D eigenvalue weighted by Crippen LogP contribution is 2.35. The van der Waals surface area contributed by atoms with Crippen molar-refractivity contribution in [1.82, 2.24) is 10.2 Å². The summed E-state index contributed by atoms with van der Waals surface area (Å²) in [6.07, 6.45) is 2.00. The van der Waals surface area contributed by atoms with Gasteiger partial charge in [0.25, 0.3) is 0 Å². The number of benzene rings is 1. The molecule has 1 aromatic rings. The monoisotopic (exact) mass is 334 g/mol. The van der Waals surface area contributed by atoms with Crippen LogP contribution in [-0.4, -0.2) is 51.9 Å². The van der Waals surface area contributed by atoms with Crippen molar-refractivity contribution in [2.75, 3.05) is 41.1 Å². The average molecular weight is 335 g/mol. The molecule has 0 aliphatic heterocycles. The first-order valence-electron chi connectivity index (χ1n) is 6.24. The van der Waals surface area contributed by atoms with Crippen molar-refractivity contribution < 1.29 is 14.3 Å². The zero-order chi connectivity index (χ0) is 15.1. The van der Waals surface area contributed by atoms with Crippen LogP contribution < -0.4 is 14.8 Å². The predicted octanol–water partition coefficient (Wildman–Crippen LogP) is 2.03. The molecule has 0 aliphatic carbocycles. The summed E-state index contributed by atoms with van der Waals surface area (Å²) >= 11 is 1.62. The second kappa shape index (κ2) is 9.76. The Morgan fingerprint density at radius 2 is 1.86 bits per heavy atom. The number of nitrogens with one attached hydrogen (secondary N) is 1. The van der Waals surface area contributed by atoms with Gasteiger partial charge in [0.15, 0.2) is 11.5 Å². The number of methoxy groups -OCH3 is 2. The Morgan fingerprint density at radius 3 is 2.33 bits per heavy atom. The van der Waals surface area contributed by atoms with Crippen molar-refractivity contribution in [3.05, 3.63) is 17.7 Å². The molecule has 0 spiro atoms. The van der Waals surface area contributed by atoms with E-state index in [1.807, 2.05) is 18.4 Å². The van der Waals surface area contributed by atoms with Gasteiger partial charge in [0, 0.05) is 18.5 Å². The van der Waals surface area contributed by atoms with Crippen LogP contribution in [0.3, 0.4) is 0 Å². The second-order valence-corrected chi connectivity index (χ2v) is 5.15. The molecule has 1 N–H and O–H groups in total. The van der Waals surface area contributed by atoms with E-state index in [-0.39, 0.29) is 18.3 Å². The lowest BCUT2D eigenvalue weighted by Crippen LogP contribution is -2.33. The van der Waals surface area contributed by atoms with Crippen molar-refractivity contribution >= 4 is 30.1 Å². The number of carbonyl (C=O) groups excluding carboxylic acids is 1. The highest BCUT2D eigenvalue weighted by molar-refractivity contribution is 7.98. The van der Waals surface area contributed by atoms with Gasteiger partial charge in [-0.1, -0.05) is 0 Å². The van der Waals surface area contributed by atoms with Crippen LogP contribution in [0.2, 0.25) is 0 Å². The van der Waals surface area contributed by atoms with Gasteiger partial charge < -0.3 is 19.7 Å². The molecule has 0 saturated heterocycles. The molecule has 0 aliphatic rings. The van der Waals surface area contributed by atoms with E-state index in [2.05, 4.69) is 5.32 Å². The van der Waals surface area contributed by atoms with E-state index in [0.717, 1.165) is 10.5 Å². The number of rotatable bonds is 7. The van der Waals surface area contributed by atoms with Crippen LogP contribution in [0.1, 0.15) is 5.56 Å². The van der Waals surface area contributed by atoms with Crippen LogP contribution in [0.5, 0.6) is 11.5 Å². The molecular formula is C14H23ClN2O3S. The summed E-state index contributed by atoms with van der Waals surface area (Å²) in [6, 6.07) is 3.86. The Labute approximate surface area is 136 Å². The SMILES string of the molecule is CNCC(=O)N(C)Cc1cc(OC)c(OC)cc1SC.Cl. The standard InChI is InChI=1S/C14H22N2O3S.ClH/c1-15-8-14(17)16(2)9-10-6-11(18-3)12(19-4)7-13(10)20-5;/h6-7,15H,8-9H2,1-5H3;1H. The molecule has 0 fully saturated rings. The van der Waals surface area contributed by atoms with E-state index in [0.29, 0.717) is 24.6 Å². The number of hydrogen-bond acceptors (Lipinski definition) is 5. The zero-order valence-electron chi connectivity index (χ0n) is 13.1. The number of carbonyl (C=O) groups is 1. The Kier molecular flexibility index (Phi) is 9.24. The van der Waals surface area contributed by atoms with E-state index in [9.17, 15) is 4.79 Å². The lowest BCUT2D eigenvalue weighted by atomic mass is 10.2. The maximum atomic E-state index is 11.8. The maximum absolute atomic E-state index is 11.8. The van der Waals surface area contributed by atoms with Crippen molar-refractivity contribution in [1.29, 1.82) is 0 Å². The minimum atomic E-state index is 0. The van der Waals surface area contributed by atoms with E-state index < -0.39 is 0 Å². The number of likely N-dealkylation sites (N-methyl/N-ethyl adjacent to an activating group) is 2. The summed E-state index contributed by atoms with van der Waals surface area (Å²) in [5.41, 5.74) is 1.04. The third kappa shape index (κ3) is 5.30. The van der Waals surface area contributed by atoms with Crippen molar-refractivity contribution in [3.8, 4) is 11.5 Å². The van der Waals surface area contributed by atoms with Crippen LogP contribution in [-0.2, 0) is 11.3 Å². The van der Waals surface area contributed by atoms with Crippen molar-refractivity contribution in [2.24, 2.45) is 0 Å². The van der Waals surface area contributed by atoms with Gasteiger partial charge in [-0.15, -0.1) is 24.2 Å². The number of halogens is 1. The fraction of sp³-hybridized carbons (Fsp3) is 0.500. The van der Waals surface area contributed by atoms with E-state index >= 15 is 0 Å². The summed E-state index contributed by atoms with van der Waals surface area (Å²) < 4.78 is 10.6. The van der Waals surface area contributed by atoms with Gasteiger partial charge in [0.1, 0.15) is 0 Å². The lowest BCUT2D eigenvalue weighted by Gasteiger charge is -2.20. The fourth-order valence-corrected chi connectivity index (χ4v) is 2.46. The molecule has 1 rings (SSSR count). The van der Waals surface area contributed by atoms with E-state index in [4.69, 9.17) is 9.47 Å². The van der Waals surface area contributed by atoms with Gasteiger partial charge in [-0.05, 0) is 31.0 Å². The molecule has 1 aromatic carbocycles. The summed E-state index contributed by atoms with van der Waals surface area (Å²) in [7, 11) is 6.77. The molecule has 0 atom stereocenters. The number of ether oxygens (including phenoxy) is 2. The first-order chi connectivity index (χ1) is 9.57. The number of hydrogen-bond donors (Lipinski definition) is 1. The quantitative estimate of drug-likeness (QED) is 0.773. The third-order valence-corrected chi connectivity index (χ3v) is 3.77. The molecule has 0 unspecified atom stereocenters. The van der Waals surface area contributed by atoms with Gasteiger partial charge in [-0.3, -0.25) is 4.79 Å². The predicted molar refractivity (Wildman–Crippen MR) is 89.0 cm³/mol. The molecule has 1 amide bonds. The van der Waals surface area contributed by atoms with Crippen LogP contribution in [0, 0.1) is 0 Å². The summed E-state index contributed by atoms with van der Waals surface area (Å²) in [5, 5.41) is 2.86. The molecule has 21 heavy (non-hydrogen) atoms. The average Bonchev–Trinajstić information content (AvgIpc) is 2.46. The zero-order valence-corrected chi connectivity index (χ0v) is 14.7. The van der Waals surface area contributed by atoms with Gasteiger partial charge in [-0.25, -0.2) is 0 Å². The Hall–Kier alpha value is -1.11. The van der Waals surface area contributed by atoms with E-state index in [1.54, 1.807) is 45.0 Å². The Balaban J connectivity index is 0.00000400. The minimum Gasteiger partial charge on any atom is -0.493 e. The van der Waals surface area contributed by atoms with Gasteiger partial charge in [0.05, 0.1) is 20.8 Å².